The number of rotatable bonds is 5. The lowest BCUT2D eigenvalue weighted by molar-refractivity contribution is 0.0941. The second-order valence-corrected chi connectivity index (χ2v) is 5.13. The van der Waals surface area contributed by atoms with Gasteiger partial charge in [0.2, 0.25) is 0 Å². The minimum atomic E-state index is -0.0986. The number of carbonyl (C=O) groups is 1. The lowest BCUT2D eigenvalue weighted by Gasteiger charge is -2.22. The average molecular weight is 277 g/mol. The minimum absolute atomic E-state index is 0.0986. The Morgan fingerprint density at radius 3 is 3.00 bits per heavy atom. The molecule has 0 bridgehead atoms. The van der Waals surface area contributed by atoms with Gasteiger partial charge in [-0.2, -0.15) is 0 Å². The number of hydrogen-bond donors (Lipinski definition) is 2. The maximum atomic E-state index is 12.2. The Bertz CT molecular complexity index is 476. The highest BCUT2D eigenvalue weighted by molar-refractivity contribution is 5.95. The second-order valence-electron chi connectivity index (χ2n) is 5.13. The first-order valence-corrected chi connectivity index (χ1v) is 7.11. The van der Waals surface area contributed by atoms with Crippen LogP contribution in [0, 0.1) is 0 Å². The third-order valence-corrected chi connectivity index (χ3v) is 3.83. The molecule has 0 spiro atoms. The van der Waals surface area contributed by atoms with Crippen molar-refractivity contribution < 1.29 is 9.53 Å². The molecule has 5 heteroatoms. The summed E-state index contributed by atoms with van der Waals surface area (Å²) < 4.78 is 5.13. The molecule has 1 unspecified atom stereocenters. The zero-order valence-electron chi connectivity index (χ0n) is 12.2. The molecule has 110 valence electrons. The van der Waals surface area contributed by atoms with Gasteiger partial charge < -0.3 is 15.8 Å². The molecule has 1 fully saturated rings. The molecule has 1 saturated heterocycles. The fourth-order valence-corrected chi connectivity index (χ4v) is 2.73. The summed E-state index contributed by atoms with van der Waals surface area (Å²) in [5.41, 5.74) is 6.84. The molecule has 1 aromatic carbocycles. The van der Waals surface area contributed by atoms with Crippen LogP contribution >= 0.6 is 0 Å². The van der Waals surface area contributed by atoms with Crippen molar-refractivity contribution >= 4 is 11.6 Å². The van der Waals surface area contributed by atoms with Gasteiger partial charge in [0.25, 0.3) is 5.91 Å². The highest BCUT2D eigenvalue weighted by Crippen LogP contribution is 2.19. The van der Waals surface area contributed by atoms with Gasteiger partial charge in [0.05, 0.1) is 7.11 Å². The largest absolute Gasteiger partial charge is 0.497 e. The van der Waals surface area contributed by atoms with E-state index in [1.54, 1.807) is 25.3 Å². The smallest absolute Gasteiger partial charge is 0.251 e. The number of ether oxygens (including phenoxy) is 1. The Morgan fingerprint density at radius 1 is 1.50 bits per heavy atom. The van der Waals surface area contributed by atoms with Crippen LogP contribution in [0.2, 0.25) is 0 Å². The van der Waals surface area contributed by atoms with E-state index in [1.165, 1.54) is 6.42 Å². The molecular formula is C15H23N3O2. The highest BCUT2D eigenvalue weighted by Gasteiger charge is 2.23. The zero-order valence-corrected chi connectivity index (χ0v) is 12.2. The van der Waals surface area contributed by atoms with Gasteiger partial charge in [0, 0.05) is 29.9 Å². The average Bonchev–Trinajstić information content (AvgIpc) is 2.91. The van der Waals surface area contributed by atoms with Crippen LogP contribution in [-0.2, 0) is 0 Å². The Kier molecular flexibility index (Phi) is 4.84. The van der Waals surface area contributed by atoms with E-state index in [4.69, 9.17) is 10.5 Å². The number of nitrogen functional groups attached to an aromatic ring is 1. The molecule has 1 atom stereocenters. The number of methoxy groups -OCH3 is 1. The monoisotopic (exact) mass is 277 g/mol. The molecular weight excluding hydrogens is 254 g/mol. The van der Waals surface area contributed by atoms with Gasteiger partial charge in [0.15, 0.2) is 0 Å². The molecule has 3 N–H and O–H groups in total. The minimum Gasteiger partial charge on any atom is -0.497 e. The first-order valence-electron chi connectivity index (χ1n) is 7.11. The second kappa shape index (κ2) is 6.61. The van der Waals surface area contributed by atoms with E-state index in [1.807, 2.05) is 0 Å². The maximum absolute atomic E-state index is 12.2. The van der Waals surface area contributed by atoms with Crippen LogP contribution in [0.25, 0.3) is 0 Å². The van der Waals surface area contributed by atoms with Crippen LogP contribution in [0.1, 0.15) is 30.1 Å². The molecule has 5 nitrogen and oxygen atoms in total. The number of benzene rings is 1. The van der Waals surface area contributed by atoms with E-state index in [0.717, 1.165) is 19.5 Å². The van der Waals surface area contributed by atoms with Gasteiger partial charge in [-0.15, -0.1) is 0 Å². The quantitative estimate of drug-likeness (QED) is 0.800. The van der Waals surface area contributed by atoms with Crippen LogP contribution in [0.5, 0.6) is 5.75 Å². The van der Waals surface area contributed by atoms with E-state index >= 15 is 0 Å². The molecule has 0 radical (unpaired) electrons. The number of anilines is 1. The molecule has 1 aromatic rings. The first kappa shape index (κ1) is 14.7. The lowest BCUT2D eigenvalue weighted by atomic mass is 10.1. The molecule has 1 aliphatic rings. The standard InChI is InChI=1S/C15H23N3O2/c1-3-18-6-4-5-13(18)10-17-15(19)11-7-12(16)9-14(8-11)20-2/h7-9,13H,3-6,10,16H2,1-2H3,(H,17,19). The highest BCUT2D eigenvalue weighted by atomic mass is 16.5. The van der Waals surface area contributed by atoms with Gasteiger partial charge >= 0.3 is 0 Å². The van der Waals surface area contributed by atoms with Crippen molar-refractivity contribution in [3.05, 3.63) is 23.8 Å². The van der Waals surface area contributed by atoms with E-state index in [-0.39, 0.29) is 5.91 Å². The van der Waals surface area contributed by atoms with E-state index in [9.17, 15) is 4.79 Å². The van der Waals surface area contributed by atoms with Crippen molar-refractivity contribution in [1.82, 2.24) is 10.2 Å². The number of amides is 1. The van der Waals surface area contributed by atoms with Crippen LogP contribution in [-0.4, -0.2) is 43.6 Å². The number of likely N-dealkylation sites (tertiary alicyclic amines) is 1. The molecule has 0 aliphatic carbocycles. The normalized spacial score (nSPS) is 19.0. The van der Waals surface area contributed by atoms with Crippen molar-refractivity contribution in [2.45, 2.75) is 25.8 Å². The summed E-state index contributed by atoms with van der Waals surface area (Å²) in [6, 6.07) is 5.53. The SMILES string of the molecule is CCN1CCCC1CNC(=O)c1cc(N)cc(OC)c1. The van der Waals surface area contributed by atoms with Gasteiger partial charge in [0.1, 0.15) is 5.75 Å². The summed E-state index contributed by atoms with van der Waals surface area (Å²) in [4.78, 5) is 14.6. The van der Waals surface area contributed by atoms with E-state index < -0.39 is 0 Å². The summed E-state index contributed by atoms with van der Waals surface area (Å²) >= 11 is 0. The molecule has 1 amide bonds. The maximum Gasteiger partial charge on any atom is 0.251 e. The summed E-state index contributed by atoms with van der Waals surface area (Å²) in [7, 11) is 1.56. The third-order valence-electron chi connectivity index (χ3n) is 3.83. The molecule has 20 heavy (non-hydrogen) atoms. The topological polar surface area (TPSA) is 67.6 Å². The summed E-state index contributed by atoms with van der Waals surface area (Å²) in [5, 5.41) is 2.99. The van der Waals surface area contributed by atoms with Crippen LogP contribution in [0.4, 0.5) is 5.69 Å². The van der Waals surface area contributed by atoms with Crippen molar-refractivity contribution in [3.63, 3.8) is 0 Å². The number of nitrogens with zero attached hydrogens (tertiary/aromatic N) is 1. The summed E-state index contributed by atoms with van der Waals surface area (Å²) in [5.74, 6) is 0.504. The number of nitrogens with one attached hydrogen (secondary N) is 1. The predicted octanol–water partition coefficient (Wildman–Crippen LogP) is 1.49. The van der Waals surface area contributed by atoms with Gasteiger partial charge in [-0.25, -0.2) is 0 Å². The van der Waals surface area contributed by atoms with Crippen LogP contribution in [0.3, 0.4) is 0 Å². The van der Waals surface area contributed by atoms with Crippen molar-refractivity contribution in [2.24, 2.45) is 0 Å². The van der Waals surface area contributed by atoms with E-state index in [0.29, 0.717) is 29.6 Å². The molecule has 0 aromatic heterocycles. The number of hydrogen-bond acceptors (Lipinski definition) is 4. The Labute approximate surface area is 120 Å². The zero-order chi connectivity index (χ0) is 14.5. The van der Waals surface area contributed by atoms with Crippen molar-refractivity contribution in [1.29, 1.82) is 0 Å². The Hall–Kier alpha value is -1.75. The van der Waals surface area contributed by atoms with Crippen molar-refractivity contribution in [2.75, 3.05) is 32.5 Å². The van der Waals surface area contributed by atoms with Gasteiger partial charge in [-0.05, 0) is 38.1 Å². The van der Waals surface area contributed by atoms with Crippen LogP contribution in [0.15, 0.2) is 18.2 Å². The fourth-order valence-electron chi connectivity index (χ4n) is 2.73. The van der Waals surface area contributed by atoms with Gasteiger partial charge in [-0.3, -0.25) is 9.69 Å². The first-order chi connectivity index (χ1) is 9.63. The molecule has 1 aliphatic heterocycles. The predicted molar refractivity (Wildman–Crippen MR) is 80.0 cm³/mol. The van der Waals surface area contributed by atoms with Gasteiger partial charge in [-0.1, -0.05) is 6.92 Å². The number of likely N-dealkylation sites (N-methyl/N-ethyl adjacent to an activating group) is 1. The summed E-state index contributed by atoms with van der Waals surface area (Å²) in [6.07, 6.45) is 2.36. The fraction of sp³-hybridized carbons (Fsp3) is 0.533. The molecule has 1 heterocycles. The van der Waals surface area contributed by atoms with Crippen molar-refractivity contribution in [3.8, 4) is 5.75 Å². The summed E-state index contributed by atoms with van der Waals surface area (Å²) in [6.45, 7) is 5.00. The number of nitrogens with two attached hydrogens (primary N) is 1. The molecule has 0 saturated carbocycles. The lowest BCUT2D eigenvalue weighted by Crippen LogP contribution is -2.40. The number of carbonyl (C=O) groups excluding carboxylic acids is 1. The van der Waals surface area contributed by atoms with E-state index in [2.05, 4.69) is 17.1 Å². The molecule has 2 rings (SSSR count). The Balaban J connectivity index is 1.96. The Morgan fingerprint density at radius 2 is 2.30 bits per heavy atom. The third kappa shape index (κ3) is 3.42. The van der Waals surface area contributed by atoms with Crippen LogP contribution < -0.4 is 15.8 Å².